The Balaban J connectivity index is 2.27. The number of nitrogens with two attached hydrogens (primary N) is 1. The van der Waals surface area contributed by atoms with E-state index in [0.29, 0.717) is 0 Å². The Morgan fingerprint density at radius 1 is 1.47 bits per heavy atom. The van der Waals surface area contributed by atoms with Crippen LogP contribution in [0, 0.1) is 0 Å². The molecule has 2 heterocycles. The van der Waals surface area contributed by atoms with Crippen molar-refractivity contribution in [3.63, 3.8) is 0 Å². The van der Waals surface area contributed by atoms with E-state index in [2.05, 4.69) is 16.5 Å². The quantitative estimate of drug-likeness (QED) is 0.851. The van der Waals surface area contributed by atoms with Gasteiger partial charge in [0.15, 0.2) is 11.5 Å². The summed E-state index contributed by atoms with van der Waals surface area (Å²) in [6.07, 6.45) is 4.95. The van der Waals surface area contributed by atoms with Crippen molar-refractivity contribution in [3.05, 3.63) is 30.2 Å². The van der Waals surface area contributed by atoms with Gasteiger partial charge in [-0.25, -0.2) is 0 Å². The highest BCUT2D eigenvalue weighted by Crippen LogP contribution is 2.14. The zero-order chi connectivity index (χ0) is 10.7. The van der Waals surface area contributed by atoms with Crippen molar-refractivity contribution in [3.8, 4) is 0 Å². The van der Waals surface area contributed by atoms with Gasteiger partial charge in [0, 0.05) is 6.20 Å². The van der Waals surface area contributed by atoms with Crippen molar-refractivity contribution in [2.45, 2.75) is 12.5 Å². The normalized spacial score (nSPS) is 13.2. The second-order valence-corrected chi connectivity index (χ2v) is 4.36. The maximum absolute atomic E-state index is 6.05. The number of hydrogen-bond donors (Lipinski definition) is 1. The molecule has 0 radical (unpaired) electrons. The highest BCUT2D eigenvalue weighted by Gasteiger charge is 2.12. The lowest BCUT2D eigenvalue weighted by Crippen LogP contribution is -2.14. The third-order valence-electron chi connectivity index (χ3n) is 2.30. The van der Waals surface area contributed by atoms with Crippen LogP contribution in [-0.4, -0.2) is 26.6 Å². The van der Waals surface area contributed by atoms with Crippen molar-refractivity contribution < 1.29 is 0 Å². The molecule has 2 N–H and O–H groups in total. The van der Waals surface area contributed by atoms with Gasteiger partial charge in [-0.1, -0.05) is 6.07 Å². The minimum Gasteiger partial charge on any atom is -0.321 e. The summed E-state index contributed by atoms with van der Waals surface area (Å²) >= 11 is 1.80. The van der Waals surface area contributed by atoms with E-state index in [1.807, 2.05) is 28.8 Å². The minimum atomic E-state index is -0.0325. The molecule has 4 nitrogen and oxygen atoms in total. The molecular formula is C10H14N4S. The van der Waals surface area contributed by atoms with E-state index < -0.39 is 0 Å². The monoisotopic (exact) mass is 222 g/mol. The third kappa shape index (κ3) is 2.13. The predicted octanol–water partition coefficient (Wildman–Crippen LogP) is 1.48. The first-order valence-electron chi connectivity index (χ1n) is 4.87. The lowest BCUT2D eigenvalue weighted by atomic mass is 10.2. The van der Waals surface area contributed by atoms with E-state index in [1.165, 1.54) is 0 Å². The molecule has 0 spiro atoms. The molecule has 5 heteroatoms. The van der Waals surface area contributed by atoms with Crippen LogP contribution in [0.2, 0.25) is 0 Å². The van der Waals surface area contributed by atoms with Crippen LogP contribution in [0.4, 0.5) is 0 Å². The molecule has 15 heavy (non-hydrogen) atoms. The van der Waals surface area contributed by atoms with Crippen LogP contribution in [0.1, 0.15) is 18.3 Å². The average Bonchev–Trinajstić information content (AvgIpc) is 2.69. The molecule has 0 aromatic carbocycles. The summed E-state index contributed by atoms with van der Waals surface area (Å²) < 4.78 is 1.95. The molecule has 0 saturated heterocycles. The van der Waals surface area contributed by atoms with Crippen LogP contribution in [0.15, 0.2) is 24.4 Å². The van der Waals surface area contributed by atoms with Crippen LogP contribution >= 0.6 is 11.8 Å². The van der Waals surface area contributed by atoms with Crippen LogP contribution in [0.3, 0.4) is 0 Å². The number of pyridine rings is 1. The molecule has 0 aliphatic carbocycles. The van der Waals surface area contributed by atoms with Gasteiger partial charge < -0.3 is 5.73 Å². The predicted molar refractivity (Wildman–Crippen MR) is 62.9 cm³/mol. The zero-order valence-corrected chi connectivity index (χ0v) is 9.44. The molecule has 1 atom stereocenters. The first-order chi connectivity index (χ1) is 7.33. The van der Waals surface area contributed by atoms with E-state index >= 15 is 0 Å². The third-order valence-corrected chi connectivity index (χ3v) is 2.95. The summed E-state index contributed by atoms with van der Waals surface area (Å²) in [7, 11) is 0. The minimum absolute atomic E-state index is 0.0325. The Hall–Kier alpha value is -1.07. The van der Waals surface area contributed by atoms with Crippen LogP contribution in [0.5, 0.6) is 0 Å². The highest BCUT2D eigenvalue weighted by atomic mass is 32.2. The second-order valence-electron chi connectivity index (χ2n) is 3.38. The molecule has 0 aliphatic heterocycles. The van der Waals surface area contributed by atoms with Crippen molar-refractivity contribution >= 4 is 17.4 Å². The smallest absolute Gasteiger partial charge is 0.160 e. The lowest BCUT2D eigenvalue weighted by Gasteiger charge is -2.08. The Morgan fingerprint density at radius 2 is 2.33 bits per heavy atom. The van der Waals surface area contributed by atoms with Crippen LogP contribution < -0.4 is 5.73 Å². The topological polar surface area (TPSA) is 56.2 Å². The molecule has 0 aliphatic rings. The number of hydrogen-bond acceptors (Lipinski definition) is 4. The molecule has 0 amide bonds. The standard InChI is InChI=1S/C10H14N4S/c1-15-7-5-8(11)10-13-12-9-4-2-3-6-14(9)10/h2-4,6,8H,5,7,11H2,1H3/t8-/m0/s1. The van der Waals surface area contributed by atoms with Gasteiger partial charge in [-0.05, 0) is 30.6 Å². The summed E-state index contributed by atoms with van der Waals surface area (Å²) in [6.45, 7) is 0. The summed E-state index contributed by atoms with van der Waals surface area (Å²) in [5.74, 6) is 1.89. The van der Waals surface area contributed by atoms with Crippen LogP contribution in [-0.2, 0) is 0 Å². The SMILES string of the molecule is CSCC[C@H](N)c1nnc2ccccn12. The van der Waals surface area contributed by atoms with Crippen molar-refractivity contribution in [1.29, 1.82) is 0 Å². The highest BCUT2D eigenvalue weighted by molar-refractivity contribution is 7.98. The van der Waals surface area contributed by atoms with Gasteiger partial charge in [0.05, 0.1) is 6.04 Å². The summed E-state index contributed by atoms with van der Waals surface area (Å²) in [5, 5.41) is 8.20. The lowest BCUT2D eigenvalue weighted by molar-refractivity contribution is 0.646. The van der Waals surface area contributed by atoms with Gasteiger partial charge in [0.25, 0.3) is 0 Å². The molecule has 0 bridgehead atoms. The summed E-state index contributed by atoms with van der Waals surface area (Å²) in [5.41, 5.74) is 6.91. The van der Waals surface area contributed by atoms with E-state index in [9.17, 15) is 0 Å². The maximum Gasteiger partial charge on any atom is 0.160 e. The van der Waals surface area contributed by atoms with Gasteiger partial charge >= 0.3 is 0 Å². The fourth-order valence-corrected chi connectivity index (χ4v) is 1.98. The molecular weight excluding hydrogens is 208 g/mol. The summed E-state index contributed by atoms with van der Waals surface area (Å²) in [4.78, 5) is 0. The van der Waals surface area contributed by atoms with Gasteiger partial charge in [-0.3, -0.25) is 4.40 Å². The molecule has 2 rings (SSSR count). The largest absolute Gasteiger partial charge is 0.321 e. The van der Waals surface area contributed by atoms with E-state index in [4.69, 9.17) is 5.73 Å². The van der Waals surface area contributed by atoms with Crippen molar-refractivity contribution in [2.24, 2.45) is 5.73 Å². The number of aromatic nitrogens is 3. The molecule has 2 aromatic rings. The van der Waals surface area contributed by atoms with Gasteiger partial charge in [0.2, 0.25) is 0 Å². The van der Waals surface area contributed by atoms with Crippen LogP contribution in [0.25, 0.3) is 5.65 Å². The zero-order valence-electron chi connectivity index (χ0n) is 8.63. The molecule has 0 fully saturated rings. The maximum atomic E-state index is 6.05. The van der Waals surface area contributed by atoms with E-state index in [-0.39, 0.29) is 6.04 Å². The Morgan fingerprint density at radius 3 is 3.13 bits per heavy atom. The molecule has 0 unspecified atom stereocenters. The molecule has 2 aromatic heterocycles. The van der Waals surface area contributed by atoms with Gasteiger partial charge in [-0.2, -0.15) is 11.8 Å². The molecule has 0 saturated carbocycles. The first kappa shape index (κ1) is 10.4. The molecule has 80 valence electrons. The number of rotatable bonds is 4. The van der Waals surface area contributed by atoms with Gasteiger partial charge in [0.1, 0.15) is 0 Å². The Labute approximate surface area is 92.9 Å². The first-order valence-corrected chi connectivity index (χ1v) is 6.26. The number of fused-ring (bicyclic) bond motifs is 1. The fraction of sp³-hybridized carbons (Fsp3) is 0.400. The average molecular weight is 222 g/mol. The van der Waals surface area contributed by atoms with E-state index in [1.54, 1.807) is 11.8 Å². The van der Waals surface area contributed by atoms with Crippen molar-refractivity contribution in [2.75, 3.05) is 12.0 Å². The van der Waals surface area contributed by atoms with Crippen molar-refractivity contribution in [1.82, 2.24) is 14.6 Å². The number of thioether (sulfide) groups is 1. The van der Waals surface area contributed by atoms with E-state index in [0.717, 1.165) is 23.6 Å². The Bertz CT molecular complexity index is 440. The summed E-state index contributed by atoms with van der Waals surface area (Å²) in [6, 6.07) is 5.80. The number of nitrogens with zero attached hydrogens (tertiary/aromatic N) is 3. The Kier molecular flexibility index (Phi) is 3.23. The van der Waals surface area contributed by atoms with Gasteiger partial charge in [-0.15, -0.1) is 10.2 Å². The second kappa shape index (κ2) is 4.63. The fourth-order valence-electron chi connectivity index (χ4n) is 1.49.